The van der Waals surface area contributed by atoms with Crippen LogP contribution in [0.2, 0.25) is 0 Å². The summed E-state index contributed by atoms with van der Waals surface area (Å²) >= 11 is 0. The van der Waals surface area contributed by atoms with Crippen LogP contribution in [0.5, 0.6) is 0 Å². The van der Waals surface area contributed by atoms with Crippen LogP contribution in [0.4, 0.5) is 0 Å². The summed E-state index contributed by atoms with van der Waals surface area (Å²) in [6.07, 6.45) is 7.97. The molecule has 0 radical (unpaired) electrons. The third kappa shape index (κ3) is 3.52. The van der Waals surface area contributed by atoms with Gasteiger partial charge in [-0.15, -0.1) is 0 Å². The minimum absolute atomic E-state index is 0.104. The topological polar surface area (TPSA) is 32.3 Å². The number of carbonyl (C=O) groups is 1. The quantitative estimate of drug-likeness (QED) is 0.926. The van der Waals surface area contributed by atoms with Gasteiger partial charge in [0.25, 0.3) is 0 Å². The maximum absolute atomic E-state index is 12.3. The van der Waals surface area contributed by atoms with Crippen molar-refractivity contribution in [3.8, 4) is 0 Å². The van der Waals surface area contributed by atoms with E-state index < -0.39 is 0 Å². The summed E-state index contributed by atoms with van der Waals surface area (Å²) in [5, 5.41) is 3.19. The summed E-state index contributed by atoms with van der Waals surface area (Å²) in [6.45, 7) is 3.22. The molecule has 1 amide bonds. The fourth-order valence-corrected chi connectivity index (χ4v) is 3.86. The summed E-state index contributed by atoms with van der Waals surface area (Å²) < 4.78 is 0. The smallest absolute Gasteiger partial charge is 0.222 e. The molecule has 0 spiro atoms. The molecule has 1 aliphatic carbocycles. The van der Waals surface area contributed by atoms with Crippen LogP contribution in [0.3, 0.4) is 0 Å². The number of benzene rings is 1. The first-order valence-electron chi connectivity index (χ1n) is 8.75. The molecule has 2 unspecified atom stereocenters. The molecule has 0 bridgehead atoms. The number of rotatable bonds is 4. The van der Waals surface area contributed by atoms with Gasteiger partial charge in [-0.3, -0.25) is 4.79 Å². The average Bonchev–Trinajstić information content (AvgIpc) is 2.97. The lowest BCUT2D eigenvalue weighted by molar-refractivity contribution is -0.123. The molecule has 0 saturated carbocycles. The van der Waals surface area contributed by atoms with Crippen molar-refractivity contribution in [1.82, 2.24) is 10.2 Å². The van der Waals surface area contributed by atoms with Crippen molar-refractivity contribution in [3.63, 3.8) is 0 Å². The van der Waals surface area contributed by atoms with Gasteiger partial charge in [0, 0.05) is 12.5 Å². The highest BCUT2D eigenvalue weighted by Crippen LogP contribution is 2.25. The van der Waals surface area contributed by atoms with E-state index in [9.17, 15) is 4.79 Å². The van der Waals surface area contributed by atoms with Gasteiger partial charge in [0.1, 0.15) is 0 Å². The summed E-state index contributed by atoms with van der Waals surface area (Å²) in [5.41, 5.74) is 4.21. The molecule has 3 rings (SSSR count). The molecule has 2 aliphatic rings. The lowest BCUT2D eigenvalue weighted by Gasteiger charge is -2.32. The highest BCUT2D eigenvalue weighted by molar-refractivity contribution is 5.77. The van der Waals surface area contributed by atoms with Gasteiger partial charge in [0.05, 0.1) is 6.04 Å². The first kappa shape index (κ1) is 15.5. The van der Waals surface area contributed by atoms with Crippen LogP contribution in [0.1, 0.15) is 61.8 Å². The number of amides is 1. The van der Waals surface area contributed by atoms with E-state index >= 15 is 0 Å². The summed E-state index contributed by atoms with van der Waals surface area (Å²) in [5.74, 6) is 0.187. The van der Waals surface area contributed by atoms with E-state index in [0.29, 0.717) is 12.5 Å². The van der Waals surface area contributed by atoms with Crippen molar-refractivity contribution in [2.45, 2.75) is 64.0 Å². The zero-order chi connectivity index (χ0) is 15.5. The van der Waals surface area contributed by atoms with Gasteiger partial charge in [-0.1, -0.05) is 24.6 Å². The second kappa shape index (κ2) is 6.82. The molecule has 1 saturated heterocycles. The third-order valence-corrected chi connectivity index (χ3v) is 5.34. The average molecular weight is 300 g/mol. The summed E-state index contributed by atoms with van der Waals surface area (Å²) in [4.78, 5) is 14.7. The second-order valence-electron chi connectivity index (χ2n) is 7.01. The van der Waals surface area contributed by atoms with Gasteiger partial charge in [-0.05, 0) is 69.3 Å². The maximum atomic E-state index is 12.3. The Morgan fingerprint density at radius 1 is 1.27 bits per heavy atom. The lowest BCUT2D eigenvalue weighted by atomic mass is 9.99. The van der Waals surface area contributed by atoms with Crippen LogP contribution < -0.4 is 5.32 Å². The predicted octanol–water partition coefficient (Wildman–Crippen LogP) is 3.23. The molecular formula is C19H28N2O. The first-order valence-corrected chi connectivity index (χ1v) is 8.75. The van der Waals surface area contributed by atoms with Crippen molar-refractivity contribution in [2.75, 3.05) is 13.6 Å². The minimum Gasteiger partial charge on any atom is -0.350 e. The van der Waals surface area contributed by atoms with Crippen molar-refractivity contribution < 1.29 is 4.79 Å². The monoisotopic (exact) mass is 300 g/mol. The summed E-state index contributed by atoms with van der Waals surface area (Å²) in [6, 6.07) is 7.24. The van der Waals surface area contributed by atoms with E-state index in [1.807, 2.05) is 0 Å². The van der Waals surface area contributed by atoms with Crippen LogP contribution in [0, 0.1) is 0 Å². The highest BCUT2D eigenvalue weighted by Gasteiger charge is 2.22. The van der Waals surface area contributed by atoms with Gasteiger partial charge >= 0.3 is 0 Å². The Morgan fingerprint density at radius 3 is 2.91 bits per heavy atom. The largest absolute Gasteiger partial charge is 0.350 e. The Bertz CT molecular complexity index is 540. The molecule has 3 heteroatoms. The molecule has 22 heavy (non-hydrogen) atoms. The Balaban J connectivity index is 1.56. The molecule has 3 nitrogen and oxygen atoms in total. The maximum Gasteiger partial charge on any atom is 0.222 e. The molecule has 1 fully saturated rings. The standard InChI is InChI=1S/C19H28N2O/c1-14(16-10-9-15-6-5-7-17(15)12-16)20-19(22)13-18-8-3-4-11-21(18)2/h9-10,12,14,18H,3-8,11,13H2,1-2H3,(H,20,22). The van der Waals surface area contributed by atoms with E-state index in [1.54, 1.807) is 0 Å². The number of nitrogens with one attached hydrogen (secondary N) is 1. The molecule has 120 valence electrons. The van der Waals surface area contributed by atoms with Crippen LogP contribution >= 0.6 is 0 Å². The Kier molecular flexibility index (Phi) is 4.82. The third-order valence-electron chi connectivity index (χ3n) is 5.34. The van der Waals surface area contributed by atoms with Crippen molar-refractivity contribution in [1.29, 1.82) is 0 Å². The van der Waals surface area contributed by atoms with E-state index in [-0.39, 0.29) is 11.9 Å². The molecule has 0 aromatic heterocycles. The number of aryl methyl sites for hydroxylation is 2. The number of fused-ring (bicyclic) bond motifs is 1. The Morgan fingerprint density at radius 2 is 2.09 bits per heavy atom. The second-order valence-corrected chi connectivity index (χ2v) is 7.01. The predicted molar refractivity (Wildman–Crippen MR) is 89.9 cm³/mol. The molecular weight excluding hydrogens is 272 g/mol. The number of nitrogens with zero attached hydrogens (tertiary/aromatic N) is 1. The van der Waals surface area contributed by atoms with Gasteiger partial charge < -0.3 is 10.2 Å². The normalized spacial score (nSPS) is 23.1. The number of piperidine rings is 1. The highest BCUT2D eigenvalue weighted by atomic mass is 16.1. The van der Waals surface area contributed by atoms with Crippen molar-refractivity contribution in [3.05, 3.63) is 34.9 Å². The molecule has 1 aromatic carbocycles. The van der Waals surface area contributed by atoms with Gasteiger partial charge in [-0.2, -0.15) is 0 Å². The molecule has 1 aromatic rings. The number of carbonyl (C=O) groups excluding carboxylic acids is 1. The first-order chi connectivity index (χ1) is 10.6. The zero-order valence-corrected chi connectivity index (χ0v) is 13.9. The van der Waals surface area contributed by atoms with Crippen molar-refractivity contribution in [2.24, 2.45) is 0 Å². The molecule has 2 atom stereocenters. The Hall–Kier alpha value is -1.35. The number of hydrogen-bond acceptors (Lipinski definition) is 2. The van der Waals surface area contributed by atoms with Crippen LogP contribution in [-0.4, -0.2) is 30.4 Å². The van der Waals surface area contributed by atoms with Crippen LogP contribution in [-0.2, 0) is 17.6 Å². The van der Waals surface area contributed by atoms with Gasteiger partial charge in [0.15, 0.2) is 0 Å². The van der Waals surface area contributed by atoms with E-state index in [2.05, 4.69) is 42.4 Å². The van der Waals surface area contributed by atoms with E-state index in [1.165, 1.54) is 48.8 Å². The van der Waals surface area contributed by atoms with E-state index in [0.717, 1.165) is 13.0 Å². The van der Waals surface area contributed by atoms with Crippen molar-refractivity contribution >= 4 is 5.91 Å². The SMILES string of the molecule is CC(NC(=O)CC1CCCCN1C)c1ccc2c(c1)CCC2. The fourth-order valence-electron chi connectivity index (χ4n) is 3.86. The number of likely N-dealkylation sites (tertiary alicyclic amines) is 1. The van der Waals surface area contributed by atoms with E-state index in [4.69, 9.17) is 0 Å². The molecule has 1 N–H and O–H groups in total. The lowest BCUT2D eigenvalue weighted by Crippen LogP contribution is -2.40. The molecule has 1 heterocycles. The molecule has 1 aliphatic heterocycles. The fraction of sp³-hybridized carbons (Fsp3) is 0.632. The van der Waals surface area contributed by atoms with Crippen LogP contribution in [0.15, 0.2) is 18.2 Å². The summed E-state index contributed by atoms with van der Waals surface area (Å²) in [7, 11) is 2.14. The van der Waals surface area contributed by atoms with Crippen LogP contribution in [0.25, 0.3) is 0 Å². The zero-order valence-electron chi connectivity index (χ0n) is 13.9. The van der Waals surface area contributed by atoms with Gasteiger partial charge in [0.2, 0.25) is 5.91 Å². The Labute approximate surface area is 134 Å². The van der Waals surface area contributed by atoms with Gasteiger partial charge in [-0.25, -0.2) is 0 Å². The number of hydrogen-bond donors (Lipinski definition) is 1. The minimum atomic E-state index is 0.104.